The fourth-order valence-electron chi connectivity index (χ4n) is 10.6. The van der Waals surface area contributed by atoms with Crippen molar-refractivity contribution in [1.29, 1.82) is 0 Å². The number of hydrogen-bond donors (Lipinski definition) is 9. The van der Waals surface area contributed by atoms with E-state index in [1.54, 1.807) is 51.2 Å². The number of aryl methyl sites for hydroxylation is 1. The first-order valence-electron chi connectivity index (χ1n) is 34.3. The second kappa shape index (κ2) is 39.7. The second-order valence-corrected chi connectivity index (χ2v) is 27.8. The molecule has 0 saturated heterocycles. The fourth-order valence-corrected chi connectivity index (χ4v) is 11.2. The molecule has 0 atom stereocenters. The van der Waals surface area contributed by atoms with Crippen LogP contribution in [0.3, 0.4) is 0 Å². The Morgan fingerprint density at radius 1 is 0.557 bits per heavy atom. The van der Waals surface area contributed by atoms with E-state index in [0.29, 0.717) is 22.1 Å². The number of pyridine rings is 3. The first-order valence-corrected chi connectivity index (χ1v) is 35.4. The molecular weight excluding hydrogens is 1590 g/mol. The molecule has 12 rings (SSSR count). The van der Waals surface area contributed by atoms with Crippen molar-refractivity contribution in [2.24, 2.45) is 22.3 Å². The number of nitrogen functional groups attached to an aromatic ring is 1. The number of primary amides is 3. The molecule has 6 heterocycles. The molecule has 115 heavy (non-hydrogen) atoms. The first-order chi connectivity index (χ1) is 54.2. The number of carboxylic acid groups (broad SMARTS) is 1. The molecule has 44 heteroatoms. The largest absolute Gasteiger partial charge is 0.490 e. The lowest BCUT2D eigenvalue weighted by atomic mass is 10.2. The Balaban J connectivity index is 0.000000220. The Hall–Kier alpha value is -12.6. The van der Waals surface area contributed by atoms with Gasteiger partial charge in [-0.25, -0.2) is 47.0 Å². The van der Waals surface area contributed by atoms with Crippen molar-refractivity contribution in [2.75, 3.05) is 25.4 Å². The number of azide groups is 1. The zero-order valence-electron chi connectivity index (χ0n) is 61.5. The summed E-state index contributed by atoms with van der Waals surface area (Å²) in [5.41, 5.74) is 32.8. The van der Waals surface area contributed by atoms with Gasteiger partial charge in [0.15, 0.2) is 34.0 Å². The second-order valence-electron chi connectivity index (χ2n) is 26.6. The highest BCUT2D eigenvalue weighted by Gasteiger charge is 2.39. The third-order valence-corrected chi connectivity index (χ3v) is 17.1. The fraction of sp³-hybridized carbons (Fsp3) is 0.338. The number of aliphatic hydroxyl groups is 1. The maximum absolute atomic E-state index is 14.1. The zero-order chi connectivity index (χ0) is 85.1. The third kappa shape index (κ3) is 25.7. The van der Waals surface area contributed by atoms with Gasteiger partial charge in [-0.3, -0.25) is 43.2 Å². The van der Waals surface area contributed by atoms with E-state index in [0.717, 1.165) is 44.1 Å². The van der Waals surface area contributed by atoms with Gasteiger partial charge >= 0.3 is 12.1 Å². The Morgan fingerprint density at radius 2 is 0.852 bits per heavy atom. The number of aliphatic carboxylic acids is 1. The summed E-state index contributed by atoms with van der Waals surface area (Å²) in [6.07, 6.45) is 3.76. The number of nitrogens with two attached hydrogens (primary N) is 4. The Labute approximate surface area is 663 Å². The van der Waals surface area contributed by atoms with Crippen LogP contribution in [0.25, 0.3) is 43.5 Å². The van der Waals surface area contributed by atoms with Crippen LogP contribution in [0.1, 0.15) is 113 Å². The maximum Gasteiger partial charge on any atom is 0.490 e. The van der Waals surface area contributed by atoms with Gasteiger partial charge in [-0.05, 0) is 114 Å². The van der Waals surface area contributed by atoms with E-state index in [2.05, 4.69) is 56.2 Å². The molecule has 13 N–H and O–H groups in total. The minimum absolute atomic E-state index is 0.0258. The number of nitrogens with one attached hydrogen (secondary N) is 3. The average molecular weight is 1660 g/mol. The molecule has 0 bridgehead atoms. The highest BCUT2D eigenvalue weighted by Crippen LogP contribution is 2.32. The van der Waals surface area contributed by atoms with Crippen molar-refractivity contribution in [3.8, 4) is 0 Å². The van der Waals surface area contributed by atoms with Crippen LogP contribution in [0.5, 0.6) is 0 Å². The molecule has 3 aliphatic carbocycles. The topological polar surface area (TPSA) is 519 Å². The number of halogens is 9. The highest BCUT2D eigenvalue weighted by atomic mass is 35.5. The van der Waals surface area contributed by atoms with E-state index in [9.17, 15) is 69.5 Å². The number of carbonyl (C=O) groups is 11. The molecule has 35 nitrogen and oxygen atoms in total. The van der Waals surface area contributed by atoms with Gasteiger partial charge in [-0.15, -0.1) is 0 Å². The standard InChI is InChI=1S/C22H22ClFN6O3.C21H19ClFN9O3.C21H21ClFN7O3.C4H10O.C2HF3O2.CH2O/c1-12-7-15-20(21(25)33)28-30(22(15)27-8-12)11-18(32)29(14-5-6-14)10-17(31)26-9-13-3-2-4-16(23)19(13)24;22-15-3-1-2-11(18(15)23)7-26-16(33)9-31(13-4-5-13)17(34)10-32-21-14(19(29-32)20(24)35)6-12(8-27-21)28-30-25;22-15-3-1-2-11(18(15)23)7-26-16(31)9-29(13-4-5-13)17(32)10-30-21-14(6-12(24)8-27-21)19(28-30)20(25)33;1-4(2,3)5;3-2(4,5)1(6)7;1-2/h2-4,7-8,14H,5-6,9-11H2,1H3,(H2,25,33)(H,26,31);1-3,6,8,13H,4-5,7,9-10H2,(H2,24,35)(H,26,33);1-3,6,8,13H,4-5,7,9-10,24H2,(H2,25,33)(H,26,31);5H,1-3H3;(H,6,7);1H2. The smallest absolute Gasteiger partial charge is 0.475 e. The number of anilines is 1. The quantitative estimate of drug-likeness (QED) is 0.0121. The van der Waals surface area contributed by atoms with E-state index in [-0.39, 0.29) is 160 Å². The molecule has 0 unspecified atom stereocenters. The van der Waals surface area contributed by atoms with Gasteiger partial charge in [-0.1, -0.05) is 76.3 Å². The predicted molar refractivity (Wildman–Crippen MR) is 403 cm³/mol. The van der Waals surface area contributed by atoms with Gasteiger partial charge in [0.1, 0.15) is 43.9 Å². The van der Waals surface area contributed by atoms with Crippen LogP contribution in [-0.2, 0) is 77.6 Å². The van der Waals surface area contributed by atoms with Crippen LogP contribution in [0.2, 0.25) is 15.1 Å². The van der Waals surface area contributed by atoms with Crippen LogP contribution in [-0.4, -0.2) is 185 Å². The summed E-state index contributed by atoms with van der Waals surface area (Å²) in [5, 5.41) is 40.3. The number of hydrogen-bond acceptors (Lipinski definition) is 20. The van der Waals surface area contributed by atoms with Crippen molar-refractivity contribution >= 4 is 145 Å². The average Bonchev–Trinajstić information content (AvgIpc) is 1.64. The van der Waals surface area contributed by atoms with Crippen molar-refractivity contribution in [1.82, 2.24) is 74.9 Å². The van der Waals surface area contributed by atoms with Crippen LogP contribution in [0.15, 0.2) is 96.5 Å². The molecule has 610 valence electrons. The third-order valence-electron chi connectivity index (χ3n) is 16.3. The molecule has 3 aromatic carbocycles. The molecule has 6 aromatic heterocycles. The van der Waals surface area contributed by atoms with Crippen molar-refractivity contribution in [3.63, 3.8) is 0 Å². The zero-order valence-corrected chi connectivity index (χ0v) is 63.8. The van der Waals surface area contributed by atoms with Gasteiger partial charge in [0.25, 0.3) is 17.7 Å². The van der Waals surface area contributed by atoms with Crippen LogP contribution < -0.4 is 38.9 Å². The maximum atomic E-state index is 14.1. The molecule has 0 radical (unpaired) electrons. The number of aromatic nitrogens is 9. The van der Waals surface area contributed by atoms with Crippen LogP contribution >= 0.6 is 34.8 Å². The number of carbonyl (C=O) groups excluding carboxylic acids is 10. The number of alkyl halides is 3. The van der Waals surface area contributed by atoms with Crippen molar-refractivity contribution < 1.29 is 89.3 Å². The summed E-state index contributed by atoms with van der Waals surface area (Å²) < 4.78 is 77.7. The summed E-state index contributed by atoms with van der Waals surface area (Å²) >= 11 is 17.3. The van der Waals surface area contributed by atoms with Gasteiger partial charge in [0.05, 0.1) is 74.0 Å². The lowest BCUT2D eigenvalue weighted by Gasteiger charge is -2.22. The number of fused-ring (bicyclic) bond motifs is 3. The van der Waals surface area contributed by atoms with Crippen LogP contribution in [0.4, 0.5) is 37.7 Å². The highest BCUT2D eigenvalue weighted by molar-refractivity contribution is 6.31. The molecule has 3 saturated carbocycles. The Bertz CT molecular complexity index is 5020. The molecule has 0 spiro atoms. The predicted octanol–water partition coefficient (Wildman–Crippen LogP) is 6.95. The number of carboxylic acids is 1. The molecule has 3 aliphatic rings. The SMILES string of the molecule is C=O.CC(C)(C)O.Cc1cnc2c(c1)c(C(N)=O)nn2CC(=O)N(CC(=O)NCc1cccc(Cl)c1F)C1CC1.NC(=O)c1nn(CC(=O)N(CC(=O)NCc2cccc(Cl)c2F)C2CC2)c2ncc(N)cc12.O=C(O)C(F)(F)F.[N-]=[N+]=Nc1cnc2c(c1)c(C(N)=O)nn2CC(=O)N(CC(=O)NCc1cccc(Cl)c1F)C1CC1. The number of nitrogens with zero attached hydrogens (tertiary/aromatic N) is 15. The van der Waals surface area contributed by atoms with Gasteiger partial charge < -0.3 is 68.6 Å². The van der Waals surface area contributed by atoms with E-state index in [4.69, 9.17) is 83.1 Å². The normalized spacial score (nSPS) is 12.7. The van der Waals surface area contributed by atoms with Gasteiger partial charge in [0, 0.05) is 71.8 Å². The minimum atomic E-state index is -5.08. The molecule has 0 aliphatic heterocycles. The summed E-state index contributed by atoms with van der Waals surface area (Å²) in [5.74, 6) is -9.36. The Morgan fingerprint density at radius 3 is 1.15 bits per heavy atom. The van der Waals surface area contributed by atoms with Crippen molar-refractivity contribution in [2.45, 2.75) is 135 Å². The monoisotopic (exact) mass is 1660 g/mol. The molecule has 9 aromatic rings. The first kappa shape index (κ1) is 89.6. The van der Waals surface area contributed by atoms with E-state index in [1.165, 1.54) is 89.7 Å². The Kier molecular flexibility index (Phi) is 31.0. The van der Waals surface area contributed by atoms with Crippen molar-refractivity contribution in [3.05, 3.63) is 174 Å². The lowest BCUT2D eigenvalue weighted by Crippen LogP contribution is -2.43. The van der Waals surface area contributed by atoms with Gasteiger partial charge in [0.2, 0.25) is 35.4 Å². The number of rotatable bonds is 25. The number of benzene rings is 3. The lowest BCUT2D eigenvalue weighted by molar-refractivity contribution is -0.192. The summed E-state index contributed by atoms with van der Waals surface area (Å²) in [7, 11) is 0. The van der Waals surface area contributed by atoms with Crippen LogP contribution in [0, 0.1) is 24.4 Å². The molecule has 9 amide bonds. The van der Waals surface area contributed by atoms with E-state index >= 15 is 0 Å². The minimum Gasteiger partial charge on any atom is -0.475 e. The summed E-state index contributed by atoms with van der Waals surface area (Å²) in [6, 6.07) is 18.0. The van der Waals surface area contributed by atoms with E-state index in [1.807, 2.05) is 13.7 Å². The number of amides is 9. The van der Waals surface area contributed by atoms with Gasteiger partial charge in [-0.2, -0.15) is 28.5 Å². The van der Waals surface area contributed by atoms with E-state index < -0.39 is 76.5 Å². The molecular formula is C71H75Cl3F6N22O13. The molecule has 3 fully saturated rings. The summed E-state index contributed by atoms with van der Waals surface area (Å²) in [4.78, 5) is 149. The summed E-state index contributed by atoms with van der Waals surface area (Å²) in [6.45, 7) is 7.50.